The summed E-state index contributed by atoms with van der Waals surface area (Å²) in [5.41, 5.74) is 2.57. The molecule has 0 spiro atoms. The molecule has 0 saturated carbocycles. The van der Waals surface area contributed by atoms with Crippen LogP contribution in [0.25, 0.3) is 0 Å². The number of nitrogens with one attached hydrogen (secondary N) is 2. The van der Waals surface area contributed by atoms with E-state index in [9.17, 15) is 14.7 Å². The van der Waals surface area contributed by atoms with Gasteiger partial charge in [-0.15, -0.1) is 0 Å². The fourth-order valence-corrected chi connectivity index (χ4v) is 2.53. The second-order valence-electron chi connectivity index (χ2n) is 6.17. The predicted octanol–water partition coefficient (Wildman–Crippen LogP) is 2.30. The highest BCUT2D eigenvalue weighted by molar-refractivity contribution is 5.88. The molecule has 0 radical (unpaired) electrons. The molecule has 0 aliphatic rings. The number of anilines is 1. The molecule has 0 heterocycles. The van der Waals surface area contributed by atoms with Gasteiger partial charge in [-0.05, 0) is 30.2 Å². The van der Waals surface area contributed by atoms with E-state index >= 15 is 0 Å². The summed E-state index contributed by atoms with van der Waals surface area (Å²) in [6, 6.07) is 16.5. The van der Waals surface area contributed by atoms with Gasteiger partial charge in [0.1, 0.15) is 0 Å². The van der Waals surface area contributed by atoms with Gasteiger partial charge in [-0.1, -0.05) is 42.5 Å². The highest BCUT2D eigenvalue weighted by Crippen LogP contribution is 2.11. The third kappa shape index (κ3) is 6.39. The second kappa shape index (κ2) is 8.99. The number of aliphatic hydroxyl groups excluding tert-OH is 1. The number of rotatable bonds is 7. The van der Waals surface area contributed by atoms with Gasteiger partial charge < -0.3 is 15.7 Å². The van der Waals surface area contributed by atoms with E-state index in [0.29, 0.717) is 12.1 Å². The van der Waals surface area contributed by atoms with Crippen LogP contribution in [-0.4, -0.2) is 29.1 Å². The third-order valence-electron chi connectivity index (χ3n) is 3.89. The number of carbonyl (C=O) groups excluding carboxylic acids is 2. The molecule has 2 amide bonds. The standard InChI is InChI=1S/C20H24N2O3/c1-14(19(24)12-16-6-4-3-5-7-16)21-20(25)13-17-8-10-18(11-9-17)22-15(2)23/h3-11,14,19,24H,12-13H2,1-2H3,(H,21,25)(H,22,23). The summed E-state index contributed by atoms with van der Waals surface area (Å²) < 4.78 is 0. The number of carbonyl (C=O) groups is 2. The minimum absolute atomic E-state index is 0.133. The molecular formula is C20H24N2O3. The molecule has 2 aromatic carbocycles. The van der Waals surface area contributed by atoms with Crippen LogP contribution in [0.1, 0.15) is 25.0 Å². The second-order valence-corrected chi connectivity index (χ2v) is 6.17. The van der Waals surface area contributed by atoms with Crippen molar-refractivity contribution in [3.05, 3.63) is 65.7 Å². The Kier molecular flexibility index (Phi) is 6.71. The molecule has 0 bridgehead atoms. The molecule has 132 valence electrons. The Morgan fingerprint density at radius 3 is 2.24 bits per heavy atom. The van der Waals surface area contributed by atoms with Crippen molar-refractivity contribution in [1.29, 1.82) is 0 Å². The molecule has 5 heteroatoms. The Labute approximate surface area is 148 Å². The van der Waals surface area contributed by atoms with Crippen LogP contribution in [0.15, 0.2) is 54.6 Å². The smallest absolute Gasteiger partial charge is 0.224 e. The summed E-state index contributed by atoms with van der Waals surface area (Å²) in [6.07, 6.45) is 0.0738. The van der Waals surface area contributed by atoms with E-state index in [0.717, 1.165) is 11.1 Å². The molecule has 0 aromatic heterocycles. The first-order valence-electron chi connectivity index (χ1n) is 8.32. The lowest BCUT2D eigenvalue weighted by Crippen LogP contribution is -2.42. The van der Waals surface area contributed by atoms with Crippen LogP contribution in [-0.2, 0) is 22.4 Å². The van der Waals surface area contributed by atoms with Gasteiger partial charge in [0, 0.05) is 19.0 Å². The summed E-state index contributed by atoms with van der Waals surface area (Å²) in [6.45, 7) is 3.24. The maximum Gasteiger partial charge on any atom is 0.224 e. The molecule has 2 aromatic rings. The summed E-state index contributed by atoms with van der Waals surface area (Å²) in [7, 11) is 0. The first-order valence-corrected chi connectivity index (χ1v) is 8.32. The quantitative estimate of drug-likeness (QED) is 0.724. The molecule has 2 unspecified atom stereocenters. The third-order valence-corrected chi connectivity index (χ3v) is 3.89. The van der Waals surface area contributed by atoms with Gasteiger partial charge in [0.05, 0.1) is 18.6 Å². The highest BCUT2D eigenvalue weighted by Gasteiger charge is 2.17. The summed E-state index contributed by atoms with van der Waals surface area (Å²) in [5.74, 6) is -0.279. The van der Waals surface area contributed by atoms with Crippen molar-refractivity contribution < 1.29 is 14.7 Å². The van der Waals surface area contributed by atoms with Gasteiger partial charge in [-0.25, -0.2) is 0 Å². The van der Waals surface area contributed by atoms with Crippen molar-refractivity contribution in [2.45, 2.75) is 38.8 Å². The first-order chi connectivity index (χ1) is 11.9. The normalized spacial score (nSPS) is 12.9. The average Bonchev–Trinajstić information content (AvgIpc) is 2.57. The van der Waals surface area contributed by atoms with E-state index in [-0.39, 0.29) is 24.3 Å². The van der Waals surface area contributed by atoms with Crippen LogP contribution < -0.4 is 10.6 Å². The van der Waals surface area contributed by atoms with Crippen LogP contribution in [0.5, 0.6) is 0 Å². The Morgan fingerprint density at radius 1 is 1.00 bits per heavy atom. The first kappa shape index (κ1) is 18.7. The predicted molar refractivity (Wildman–Crippen MR) is 98.2 cm³/mol. The SMILES string of the molecule is CC(=O)Nc1ccc(CC(=O)NC(C)C(O)Cc2ccccc2)cc1. The Bertz CT molecular complexity index is 699. The van der Waals surface area contributed by atoms with Crippen LogP contribution in [0.4, 0.5) is 5.69 Å². The summed E-state index contributed by atoms with van der Waals surface area (Å²) >= 11 is 0. The topological polar surface area (TPSA) is 78.4 Å². The summed E-state index contributed by atoms with van der Waals surface area (Å²) in [4.78, 5) is 23.1. The minimum Gasteiger partial charge on any atom is -0.391 e. The van der Waals surface area contributed by atoms with Crippen LogP contribution >= 0.6 is 0 Å². The van der Waals surface area contributed by atoms with Crippen molar-refractivity contribution in [1.82, 2.24) is 5.32 Å². The van der Waals surface area contributed by atoms with Crippen LogP contribution in [0.3, 0.4) is 0 Å². The number of aliphatic hydroxyl groups is 1. The lowest BCUT2D eigenvalue weighted by molar-refractivity contribution is -0.121. The van der Waals surface area contributed by atoms with Crippen LogP contribution in [0, 0.1) is 0 Å². The molecule has 0 aliphatic carbocycles. The fraction of sp³-hybridized carbons (Fsp3) is 0.300. The highest BCUT2D eigenvalue weighted by atomic mass is 16.3. The molecule has 0 aliphatic heterocycles. The van der Waals surface area contributed by atoms with Crippen LogP contribution in [0.2, 0.25) is 0 Å². The molecule has 0 fully saturated rings. The van der Waals surface area contributed by atoms with Crippen molar-refractivity contribution in [2.24, 2.45) is 0 Å². The number of hydrogen-bond acceptors (Lipinski definition) is 3. The van der Waals surface area contributed by atoms with Gasteiger partial charge in [0.15, 0.2) is 0 Å². The van der Waals surface area contributed by atoms with Gasteiger partial charge in [0.25, 0.3) is 0 Å². The Balaban J connectivity index is 1.83. The summed E-state index contributed by atoms with van der Waals surface area (Å²) in [5, 5.41) is 15.8. The molecule has 2 atom stereocenters. The zero-order chi connectivity index (χ0) is 18.2. The van der Waals surface area contributed by atoms with E-state index in [1.165, 1.54) is 6.92 Å². The fourth-order valence-electron chi connectivity index (χ4n) is 2.53. The zero-order valence-corrected chi connectivity index (χ0v) is 14.5. The van der Waals surface area contributed by atoms with Crippen molar-refractivity contribution in [3.63, 3.8) is 0 Å². The average molecular weight is 340 g/mol. The largest absolute Gasteiger partial charge is 0.391 e. The molecule has 3 N–H and O–H groups in total. The Morgan fingerprint density at radius 2 is 1.64 bits per heavy atom. The van der Waals surface area contributed by atoms with Gasteiger partial charge in [0.2, 0.25) is 11.8 Å². The van der Waals surface area contributed by atoms with Gasteiger partial charge >= 0.3 is 0 Å². The van der Waals surface area contributed by atoms with E-state index in [1.807, 2.05) is 30.3 Å². The number of hydrogen-bond donors (Lipinski definition) is 3. The monoisotopic (exact) mass is 340 g/mol. The lowest BCUT2D eigenvalue weighted by Gasteiger charge is -2.20. The molecule has 25 heavy (non-hydrogen) atoms. The van der Waals surface area contributed by atoms with E-state index in [1.54, 1.807) is 31.2 Å². The lowest BCUT2D eigenvalue weighted by atomic mass is 10.0. The Hall–Kier alpha value is -2.66. The van der Waals surface area contributed by atoms with E-state index < -0.39 is 6.10 Å². The molecular weight excluding hydrogens is 316 g/mol. The van der Waals surface area contributed by atoms with Crippen molar-refractivity contribution in [2.75, 3.05) is 5.32 Å². The van der Waals surface area contributed by atoms with Gasteiger partial charge in [-0.3, -0.25) is 9.59 Å². The molecule has 0 saturated heterocycles. The molecule has 5 nitrogen and oxygen atoms in total. The van der Waals surface area contributed by atoms with Gasteiger partial charge in [-0.2, -0.15) is 0 Å². The maximum atomic E-state index is 12.2. The number of benzene rings is 2. The maximum absolute atomic E-state index is 12.2. The van der Waals surface area contributed by atoms with Crippen molar-refractivity contribution >= 4 is 17.5 Å². The van der Waals surface area contributed by atoms with E-state index in [4.69, 9.17) is 0 Å². The zero-order valence-electron chi connectivity index (χ0n) is 14.5. The minimum atomic E-state index is -0.645. The van der Waals surface area contributed by atoms with E-state index in [2.05, 4.69) is 10.6 Å². The molecule has 2 rings (SSSR count). The number of amides is 2. The van der Waals surface area contributed by atoms with Crippen molar-refractivity contribution in [3.8, 4) is 0 Å².